The molecule has 15 nitrogen and oxygen atoms in total. The number of nitrogens with one attached hydrogen (secondary N) is 2. The number of nitrogens with zero attached hydrogens (tertiary/aromatic N) is 5. The van der Waals surface area contributed by atoms with Crippen molar-refractivity contribution in [1.82, 2.24) is 30.3 Å². The van der Waals surface area contributed by atoms with Crippen LogP contribution in [0, 0.1) is 23.2 Å². The largest absolute Gasteiger partial charge is 0.491 e. The monoisotopic (exact) mass is 843 g/mol. The molecule has 2 unspecified atom stereocenters. The molecule has 2 aliphatic heterocycles. The van der Waals surface area contributed by atoms with Gasteiger partial charge < -0.3 is 29.4 Å². The fraction of sp³-hybridized carbons (Fsp3) is 0.500. The summed E-state index contributed by atoms with van der Waals surface area (Å²) in [7, 11) is -5.15. The summed E-state index contributed by atoms with van der Waals surface area (Å²) in [6, 6.07) is 12.2. The molecule has 3 heterocycles. The van der Waals surface area contributed by atoms with Crippen molar-refractivity contribution in [2.75, 3.05) is 59.0 Å². The molecule has 2 saturated heterocycles. The van der Waals surface area contributed by atoms with E-state index in [1.807, 2.05) is 18.7 Å². The van der Waals surface area contributed by atoms with E-state index in [-0.39, 0.29) is 40.5 Å². The highest BCUT2D eigenvalue weighted by Gasteiger charge is 2.47. The van der Waals surface area contributed by atoms with Crippen molar-refractivity contribution in [2.24, 2.45) is 11.8 Å². The van der Waals surface area contributed by atoms with Crippen LogP contribution < -0.4 is 19.6 Å². The number of halogens is 3. The average molecular weight is 844 g/mol. The van der Waals surface area contributed by atoms with Gasteiger partial charge in [-0.05, 0) is 61.6 Å². The molecule has 2 atom stereocenters. The topological polar surface area (TPSA) is 191 Å². The van der Waals surface area contributed by atoms with E-state index >= 15 is 0 Å². The summed E-state index contributed by atoms with van der Waals surface area (Å²) >= 11 is 0. The highest BCUT2D eigenvalue weighted by molar-refractivity contribution is 7.81. The predicted octanol–water partition coefficient (Wildman–Crippen LogP) is 4.10. The lowest BCUT2D eigenvalue weighted by molar-refractivity contribution is -0.139. The van der Waals surface area contributed by atoms with Crippen molar-refractivity contribution >= 4 is 45.0 Å². The van der Waals surface area contributed by atoms with Crippen molar-refractivity contribution in [3.05, 3.63) is 65.9 Å². The maximum atomic E-state index is 13.8. The second-order valence-corrected chi connectivity index (χ2v) is 15.8. The standard InChI is InChI=1S/C40H48F3N7O8S/c1-27(2)31(7-3-4-15-46-37(52)28-10-12-30(13-11-28)58-59(43,55)56)39(54)49-20-18-48(19-21-49)17-6-22-57-34-9-5-8-32-33(14-16-45-36(32)34)38(53)47-25-35(51)50-26-40(41,42)23-29(50)24-44/h5,8-14,16,27,29,31H,3-4,6-7,15,17-23,25-26H2,1-2H3,(H,46,52)(H,47,53). The van der Waals surface area contributed by atoms with E-state index in [0.29, 0.717) is 75.2 Å². The molecule has 2 aliphatic rings. The number of fused-ring (bicyclic) bond motifs is 1. The number of nitriles is 1. The van der Waals surface area contributed by atoms with Crippen LogP contribution in [0.25, 0.3) is 10.9 Å². The van der Waals surface area contributed by atoms with E-state index in [2.05, 4.69) is 24.7 Å². The minimum atomic E-state index is -5.15. The first-order chi connectivity index (χ1) is 28.0. The van der Waals surface area contributed by atoms with Gasteiger partial charge in [-0.2, -0.15) is 13.7 Å². The van der Waals surface area contributed by atoms with Gasteiger partial charge in [0.1, 0.15) is 23.1 Å². The average Bonchev–Trinajstić information content (AvgIpc) is 3.53. The second-order valence-electron chi connectivity index (χ2n) is 14.9. The number of likely N-dealkylation sites (tertiary alicyclic amines) is 1. The summed E-state index contributed by atoms with van der Waals surface area (Å²) in [6.07, 6.45) is 3.46. The number of amides is 4. The number of para-hydroxylation sites is 1. The second kappa shape index (κ2) is 20.0. The molecule has 0 saturated carbocycles. The quantitative estimate of drug-likeness (QED) is 0.139. The van der Waals surface area contributed by atoms with Gasteiger partial charge in [0.05, 0.1) is 31.3 Å². The molecular weight excluding hydrogens is 796 g/mol. The van der Waals surface area contributed by atoms with Crippen molar-refractivity contribution in [1.29, 1.82) is 5.26 Å². The van der Waals surface area contributed by atoms with E-state index in [9.17, 15) is 45.5 Å². The molecule has 1 aromatic heterocycles. The molecule has 5 rings (SSSR count). The third-order valence-electron chi connectivity index (χ3n) is 10.3. The number of hydrogen-bond donors (Lipinski definition) is 2. The first-order valence-electron chi connectivity index (χ1n) is 19.4. The van der Waals surface area contributed by atoms with Crippen LogP contribution in [0.15, 0.2) is 54.7 Å². The van der Waals surface area contributed by atoms with E-state index in [1.54, 1.807) is 24.3 Å². The molecule has 2 aromatic carbocycles. The maximum absolute atomic E-state index is 13.8. The number of ether oxygens (including phenoxy) is 1. The Hall–Kier alpha value is -5.48. The normalized spacial score (nSPS) is 17.3. The third-order valence-corrected chi connectivity index (χ3v) is 10.7. The lowest BCUT2D eigenvalue weighted by Gasteiger charge is -2.37. The van der Waals surface area contributed by atoms with E-state index < -0.39 is 53.8 Å². The maximum Gasteiger partial charge on any atom is 0.488 e. The molecular formula is C40H48F3N7O8S. The van der Waals surface area contributed by atoms with Crippen LogP contribution in [0.4, 0.5) is 12.7 Å². The molecule has 0 radical (unpaired) electrons. The fourth-order valence-corrected chi connectivity index (χ4v) is 7.56. The predicted molar refractivity (Wildman–Crippen MR) is 209 cm³/mol. The summed E-state index contributed by atoms with van der Waals surface area (Å²) in [4.78, 5) is 61.0. The van der Waals surface area contributed by atoms with Crippen LogP contribution in [-0.2, 0) is 20.1 Å². The number of carbonyl (C=O) groups is 4. The minimum Gasteiger partial charge on any atom is -0.491 e. The Morgan fingerprint density at radius 2 is 1.71 bits per heavy atom. The van der Waals surface area contributed by atoms with Gasteiger partial charge >= 0.3 is 10.5 Å². The number of piperazine rings is 1. The summed E-state index contributed by atoms with van der Waals surface area (Å²) < 4.78 is 71.7. The Morgan fingerprint density at radius 1 is 0.983 bits per heavy atom. The van der Waals surface area contributed by atoms with Crippen LogP contribution in [0.1, 0.15) is 66.7 Å². The molecule has 0 aliphatic carbocycles. The van der Waals surface area contributed by atoms with Crippen LogP contribution in [-0.4, -0.2) is 123 Å². The zero-order valence-electron chi connectivity index (χ0n) is 32.9. The Morgan fingerprint density at radius 3 is 2.39 bits per heavy atom. The summed E-state index contributed by atoms with van der Waals surface area (Å²) in [6.45, 7) is 6.79. The van der Waals surface area contributed by atoms with Gasteiger partial charge in [-0.15, -0.1) is 0 Å². The summed E-state index contributed by atoms with van der Waals surface area (Å²) in [5.74, 6) is -4.57. The molecule has 19 heteroatoms. The molecule has 3 aromatic rings. The fourth-order valence-electron chi connectivity index (χ4n) is 7.22. The van der Waals surface area contributed by atoms with Gasteiger partial charge in [-0.3, -0.25) is 29.1 Å². The number of carbonyl (C=O) groups excluding carboxylic acids is 4. The lowest BCUT2D eigenvalue weighted by atomic mass is 9.89. The van der Waals surface area contributed by atoms with Gasteiger partial charge in [0.15, 0.2) is 0 Å². The molecule has 0 bridgehead atoms. The first-order valence-corrected chi connectivity index (χ1v) is 20.7. The lowest BCUT2D eigenvalue weighted by Crippen LogP contribution is -2.51. The molecule has 2 N–H and O–H groups in total. The Balaban J connectivity index is 1.01. The number of pyridine rings is 1. The molecule has 0 spiro atoms. The SMILES string of the molecule is CC(C)C(CCCCNC(=O)c1ccc(OS(=O)(=O)F)cc1)C(=O)N1CCN(CCCOc2cccc3c(C(=O)NCC(=O)N4CC(F)(F)CC4C#N)ccnc23)CC1. The van der Waals surface area contributed by atoms with E-state index in [4.69, 9.17) is 4.74 Å². The Kier molecular flexibility index (Phi) is 15.1. The molecule has 318 valence electrons. The van der Waals surface area contributed by atoms with Gasteiger partial charge in [0.2, 0.25) is 11.8 Å². The number of benzene rings is 2. The van der Waals surface area contributed by atoms with Crippen molar-refractivity contribution in [3.8, 4) is 17.6 Å². The smallest absolute Gasteiger partial charge is 0.488 e. The summed E-state index contributed by atoms with van der Waals surface area (Å²) in [5, 5.41) is 14.9. The highest BCUT2D eigenvalue weighted by atomic mass is 32.3. The Bertz CT molecular complexity index is 2130. The van der Waals surface area contributed by atoms with Crippen molar-refractivity contribution in [2.45, 2.75) is 57.9 Å². The van der Waals surface area contributed by atoms with Gasteiger partial charge in [0.25, 0.3) is 17.7 Å². The van der Waals surface area contributed by atoms with Crippen LogP contribution >= 0.6 is 0 Å². The van der Waals surface area contributed by atoms with Crippen molar-refractivity contribution in [3.63, 3.8) is 0 Å². The summed E-state index contributed by atoms with van der Waals surface area (Å²) in [5.41, 5.74) is 0.938. The third kappa shape index (κ3) is 12.5. The number of unbranched alkanes of at least 4 members (excludes halogenated alkanes) is 1. The van der Waals surface area contributed by atoms with Crippen LogP contribution in [0.3, 0.4) is 0 Å². The zero-order valence-corrected chi connectivity index (χ0v) is 33.7. The molecule has 4 amide bonds. The zero-order chi connectivity index (χ0) is 42.7. The highest BCUT2D eigenvalue weighted by Crippen LogP contribution is 2.32. The number of rotatable bonds is 18. The van der Waals surface area contributed by atoms with Gasteiger partial charge in [-0.1, -0.05) is 36.3 Å². The van der Waals surface area contributed by atoms with Crippen LogP contribution in [0.2, 0.25) is 0 Å². The van der Waals surface area contributed by atoms with E-state index in [0.717, 1.165) is 17.9 Å². The molecule has 59 heavy (non-hydrogen) atoms. The first kappa shape index (κ1) is 44.6. The number of alkyl halides is 2. The van der Waals surface area contributed by atoms with Crippen LogP contribution in [0.5, 0.6) is 11.5 Å². The Labute approximate surface area is 341 Å². The number of hydrogen-bond acceptors (Lipinski definition) is 11. The van der Waals surface area contributed by atoms with Gasteiger partial charge in [-0.25, -0.2) is 8.78 Å². The van der Waals surface area contributed by atoms with E-state index in [1.165, 1.54) is 36.5 Å². The van der Waals surface area contributed by atoms with Crippen molar-refractivity contribution < 1.29 is 49.2 Å². The molecule has 2 fully saturated rings. The van der Waals surface area contributed by atoms with Gasteiger partial charge in [0, 0.05) is 68.8 Å². The minimum absolute atomic E-state index is 0.122. The number of aromatic nitrogens is 1.